The van der Waals surface area contributed by atoms with Gasteiger partial charge in [0.05, 0.1) is 0 Å². The number of alkyl halides is 1. The Hall–Kier alpha value is -0.476. The van der Waals surface area contributed by atoms with Crippen LogP contribution in [0.2, 0.25) is 36.3 Å². The van der Waals surface area contributed by atoms with E-state index < -0.39 is 27.3 Å². The summed E-state index contributed by atoms with van der Waals surface area (Å²) in [5.74, 6) is 1.80. The van der Waals surface area contributed by atoms with E-state index in [-0.39, 0.29) is 10.1 Å². The van der Waals surface area contributed by atoms with Crippen LogP contribution in [0, 0.1) is 17.3 Å². The monoisotopic (exact) mass is 638 g/mol. The predicted molar refractivity (Wildman–Crippen MR) is 172 cm³/mol. The maximum absolute atomic E-state index is 11.8. The van der Waals surface area contributed by atoms with E-state index in [1.165, 1.54) is 44.9 Å². The largest absolute Gasteiger partial charge is 0.477 e. The molecule has 222 valence electrons. The molecule has 4 atom stereocenters. The third-order valence-corrected chi connectivity index (χ3v) is 21.1. The molecule has 0 heterocycles. The molecular weight excluding hydrogens is 584 g/mol. The standard InChI is InChI=1S/C18H24.C14H31BrO4Si2/c1-18-11-4-7-17(18)16-9-8-13-5-2-3-6-14(13)15(16)10-12-18;1-12(2,3)20(7,8)18-14(15,11(16)17)19-21(9,10)13(4,5)6/h2-3,5-6,15-17H,4,7-12H2,1H3;1-10H3,(H,16,17). The summed E-state index contributed by atoms with van der Waals surface area (Å²) in [7, 11) is -4.58. The molecule has 39 heavy (non-hydrogen) atoms. The van der Waals surface area contributed by atoms with Gasteiger partial charge in [-0.15, -0.1) is 0 Å². The van der Waals surface area contributed by atoms with Gasteiger partial charge < -0.3 is 14.0 Å². The number of carbonyl (C=O) groups is 1. The Kier molecular flexibility index (Phi) is 9.58. The van der Waals surface area contributed by atoms with E-state index in [0.717, 1.165) is 17.8 Å². The number of rotatable bonds is 5. The van der Waals surface area contributed by atoms with Crippen molar-refractivity contribution in [1.29, 1.82) is 0 Å². The molecule has 1 aromatic carbocycles. The number of hydrogen-bond acceptors (Lipinski definition) is 3. The van der Waals surface area contributed by atoms with Crippen LogP contribution >= 0.6 is 15.9 Å². The van der Waals surface area contributed by atoms with Gasteiger partial charge in [-0.2, -0.15) is 0 Å². The number of carboxylic acids is 1. The SMILES string of the molecule is CC(C)(C)[Si](C)(C)OC(Br)(O[Si](C)(C)C(C)(C)C)C(=O)O.CC12CCCC1C1CCc3ccccc3C1CC2. The van der Waals surface area contributed by atoms with Crippen LogP contribution in [0.25, 0.3) is 0 Å². The van der Waals surface area contributed by atoms with Gasteiger partial charge >= 0.3 is 10.7 Å². The molecule has 4 unspecified atom stereocenters. The average molecular weight is 640 g/mol. The Labute approximate surface area is 249 Å². The van der Waals surface area contributed by atoms with Crippen LogP contribution in [0.15, 0.2) is 24.3 Å². The van der Waals surface area contributed by atoms with Gasteiger partial charge in [-0.1, -0.05) is 79.2 Å². The molecule has 2 saturated carbocycles. The summed E-state index contributed by atoms with van der Waals surface area (Å²) in [5.41, 5.74) is 4.07. The van der Waals surface area contributed by atoms with E-state index in [9.17, 15) is 9.90 Å². The van der Waals surface area contributed by atoms with E-state index in [1.807, 2.05) is 26.2 Å². The van der Waals surface area contributed by atoms with Gasteiger partial charge in [0.25, 0.3) is 0 Å². The van der Waals surface area contributed by atoms with Crippen molar-refractivity contribution < 1.29 is 18.8 Å². The zero-order valence-corrected chi connectivity index (χ0v) is 30.1. The fourth-order valence-corrected chi connectivity index (χ4v) is 11.3. The lowest BCUT2D eigenvalue weighted by molar-refractivity contribution is -0.166. The first-order chi connectivity index (χ1) is 17.6. The van der Waals surface area contributed by atoms with Crippen LogP contribution in [0.1, 0.15) is 104 Å². The van der Waals surface area contributed by atoms with Crippen molar-refractivity contribution in [2.24, 2.45) is 17.3 Å². The molecule has 3 aliphatic rings. The van der Waals surface area contributed by atoms with E-state index in [4.69, 9.17) is 8.85 Å². The first-order valence-electron chi connectivity index (χ1n) is 15.0. The summed E-state index contributed by atoms with van der Waals surface area (Å²) in [6.45, 7) is 23.1. The molecule has 0 spiro atoms. The number of halogens is 1. The average Bonchev–Trinajstić information content (AvgIpc) is 3.19. The third-order valence-electron chi connectivity index (χ3n) is 11.1. The predicted octanol–water partition coefficient (Wildman–Crippen LogP) is 10.1. The van der Waals surface area contributed by atoms with Crippen LogP contribution in [0.5, 0.6) is 0 Å². The van der Waals surface area contributed by atoms with E-state index in [2.05, 4.69) is 88.7 Å². The van der Waals surface area contributed by atoms with Gasteiger partial charge in [0.2, 0.25) is 0 Å². The summed E-state index contributed by atoms with van der Waals surface area (Å²) in [6.07, 6.45) is 10.2. The number of benzene rings is 1. The number of aliphatic carboxylic acids is 1. The van der Waals surface area contributed by atoms with Gasteiger partial charge in [0.1, 0.15) is 0 Å². The lowest BCUT2D eigenvalue weighted by Gasteiger charge is -2.49. The normalized spacial score (nSPS) is 27.5. The zero-order chi connectivity index (χ0) is 29.7. The highest BCUT2D eigenvalue weighted by Crippen LogP contribution is 2.60. The quantitative estimate of drug-likeness (QED) is 0.198. The summed E-state index contributed by atoms with van der Waals surface area (Å²) in [6, 6.07) is 9.27. The van der Waals surface area contributed by atoms with E-state index >= 15 is 0 Å². The molecule has 3 aliphatic carbocycles. The lowest BCUT2D eigenvalue weighted by Crippen LogP contribution is -2.57. The minimum atomic E-state index is -2.29. The minimum Gasteiger partial charge on any atom is -0.477 e. The van der Waals surface area contributed by atoms with E-state index in [1.54, 1.807) is 11.1 Å². The molecule has 4 rings (SSSR count). The highest BCUT2D eigenvalue weighted by Gasteiger charge is 2.54. The molecule has 0 saturated heterocycles. The number of fused-ring (bicyclic) bond motifs is 5. The Morgan fingerprint density at radius 1 is 0.923 bits per heavy atom. The molecule has 2 fully saturated rings. The first kappa shape index (κ1) is 33.0. The Morgan fingerprint density at radius 2 is 1.46 bits per heavy atom. The molecule has 1 aromatic rings. The summed E-state index contributed by atoms with van der Waals surface area (Å²) in [4.78, 5) is 11.8. The number of hydrogen-bond donors (Lipinski definition) is 1. The molecule has 0 amide bonds. The molecule has 0 bridgehead atoms. The van der Waals surface area contributed by atoms with E-state index in [0.29, 0.717) is 5.41 Å². The smallest absolute Gasteiger partial charge is 0.374 e. The van der Waals surface area contributed by atoms with Gasteiger partial charge in [0.15, 0.2) is 16.6 Å². The second-order valence-electron chi connectivity index (χ2n) is 15.8. The van der Waals surface area contributed by atoms with Crippen molar-refractivity contribution in [2.75, 3.05) is 0 Å². The molecule has 4 nitrogen and oxygen atoms in total. The summed E-state index contributed by atoms with van der Waals surface area (Å²) in [5, 5.41) is 9.44. The Balaban J connectivity index is 0.000000216. The van der Waals surface area contributed by atoms with Crippen LogP contribution in [-0.2, 0) is 20.1 Å². The van der Waals surface area contributed by atoms with Crippen molar-refractivity contribution in [1.82, 2.24) is 0 Å². The molecule has 1 N–H and O–H groups in total. The van der Waals surface area contributed by atoms with Crippen LogP contribution in [-0.4, -0.2) is 32.4 Å². The minimum absolute atomic E-state index is 0.0989. The summed E-state index contributed by atoms with van der Waals surface area (Å²) >= 11 is 3.23. The zero-order valence-electron chi connectivity index (χ0n) is 26.5. The Morgan fingerprint density at radius 3 is 1.97 bits per heavy atom. The molecular formula is C32H55BrO4Si2. The Bertz CT molecular complexity index is 998. The molecule has 0 radical (unpaired) electrons. The number of carboxylic acid groups (broad SMARTS) is 1. The molecule has 7 heteroatoms. The van der Waals surface area contributed by atoms with Gasteiger partial charge in [-0.3, -0.25) is 0 Å². The second-order valence-corrected chi connectivity index (χ2v) is 26.3. The van der Waals surface area contributed by atoms with Crippen molar-refractivity contribution in [3.8, 4) is 0 Å². The molecule has 0 aromatic heterocycles. The van der Waals surface area contributed by atoms with Crippen LogP contribution < -0.4 is 0 Å². The van der Waals surface area contributed by atoms with Gasteiger partial charge in [-0.05, 0) is 125 Å². The fourth-order valence-electron chi connectivity index (χ4n) is 6.59. The topological polar surface area (TPSA) is 55.8 Å². The maximum Gasteiger partial charge on any atom is 0.374 e. The van der Waals surface area contributed by atoms with Crippen molar-refractivity contribution in [3.63, 3.8) is 0 Å². The highest BCUT2D eigenvalue weighted by molar-refractivity contribution is 9.10. The summed E-state index contributed by atoms with van der Waals surface area (Å²) < 4.78 is 10.3. The van der Waals surface area contributed by atoms with Crippen LogP contribution in [0.4, 0.5) is 0 Å². The van der Waals surface area contributed by atoms with Crippen molar-refractivity contribution in [3.05, 3.63) is 35.4 Å². The van der Waals surface area contributed by atoms with Crippen molar-refractivity contribution >= 4 is 38.5 Å². The molecule has 0 aliphatic heterocycles. The van der Waals surface area contributed by atoms with Crippen molar-refractivity contribution in [2.45, 2.75) is 140 Å². The first-order valence-corrected chi connectivity index (χ1v) is 21.6. The highest BCUT2D eigenvalue weighted by atomic mass is 79.9. The van der Waals surface area contributed by atoms with Gasteiger partial charge in [-0.25, -0.2) is 4.79 Å². The second kappa shape index (κ2) is 11.3. The van der Waals surface area contributed by atoms with Crippen LogP contribution in [0.3, 0.4) is 0 Å². The maximum atomic E-state index is 11.8. The third kappa shape index (κ3) is 6.95. The number of aryl methyl sites for hydroxylation is 1. The fraction of sp³-hybridized carbons (Fsp3) is 0.781. The van der Waals surface area contributed by atoms with Gasteiger partial charge in [0, 0.05) is 0 Å². The lowest BCUT2D eigenvalue weighted by atomic mass is 9.56.